The zero-order chi connectivity index (χ0) is 13.8. The van der Waals surface area contributed by atoms with Crippen molar-refractivity contribution in [1.29, 1.82) is 0 Å². The van der Waals surface area contributed by atoms with Gasteiger partial charge in [0.15, 0.2) is 0 Å². The first kappa shape index (κ1) is 14.2. The van der Waals surface area contributed by atoms with Crippen LogP contribution in [0.5, 0.6) is 0 Å². The Balaban J connectivity index is 2.00. The molecule has 5 heteroatoms. The largest absolute Gasteiger partial charge is 0.387 e. The van der Waals surface area contributed by atoms with E-state index < -0.39 is 6.10 Å². The summed E-state index contributed by atoms with van der Waals surface area (Å²) in [6.45, 7) is 0.271. The Morgan fingerprint density at radius 1 is 1.05 bits per heavy atom. The van der Waals surface area contributed by atoms with Crippen molar-refractivity contribution in [3.63, 3.8) is 0 Å². The van der Waals surface area contributed by atoms with Crippen LogP contribution in [0.3, 0.4) is 0 Å². The van der Waals surface area contributed by atoms with Crippen LogP contribution in [0.2, 0.25) is 0 Å². The van der Waals surface area contributed by atoms with E-state index in [4.69, 9.17) is 0 Å². The fraction of sp³-hybridized carbons (Fsp3) is 0.143. The molecule has 0 aliphatic rings. The quantitative estimate of drug-likeness (QED) is 0.799. The fourth-order valence-corrected chi connectivity index (χ4v) is 2.31. The molecule has 2 N–H and O–H groups in total. The van der Waals surface area contributed by atoms with Gasteiger partial charge in [0.1, 0.15) is 11.6 Å². The Hall–Kier alpha value is -1.21. The number of nitrogens with one attached hydrogen (secondary N) is 1. The van der Waals surface area contributed by atoms with E-state index in [1.54, 1.807) is 6.07 Å². The molecule has 0 bridgehead atoms. The van der Waals surface area contributed by atoms with Gasteiger partial charge in [-0.1, -0.05) is 12.1 Å². The molecule has 0 radical (unpaired) electrons. The molecule has 0 spiro atoms. The molecule has 0 saturated heterocycles. The third-order valence-electron chi connectivity index (χ3n) is 2.67. The van der Waals surface area contributed by atoms with E-state index in [-0.39, 0.29) is 18.2 Å². The van der Waals surface area contributed by atoms with Crippen LogP contribution in [-0.2, 0) is 0 Å². The van der Waals surface area contributed by atoms with Gasteiger partial charge < -0.3 is 10.4 Å². The normalized spacial score (nSPS) is 12.2. The third-order valence-corrected chi connectivity index (χ3v) is 3.56. The van der Waals surface area contributed by atoms with Crippen LogP contribution in [0.15, 0.2) is 42.5 Å². The van der Waals surface area contributed by atoms with Crippen LogP contribution in [0.4, 0.5) is 14.5 Å². The first-order chi connectivity index (χ1) is 9.06. The molecule has 100 valence electrons. The van der Waals surface area contributed by atoms with Crippen molar-refractivity contribution in [3.05, 3.63) is 63.2 Å². The topological polar surface area (TPSA) is 32.3 Å². The van der Waals surface area contributed by atoms with Crippen LogP contribution in [0.1, 0.15) is 11.7 Å². The van der Waals surface area contributed by atoms with E-state index in [0.717, 1.165) is 9.26 Å². The van der Waals surface area contributed by atoms with E-state index in [2.05, 4.69) is 5.32 Å². The zero-order valence-corrected chi connectivity index (χ0v) is 12.1. The third kappa shape index (κ3) is 3.87. The van der Waals surface area contributed by atoms with Gasteiger partial charge in [-0.25, -0.2) is 8.78 Å². The van der Waals surface area contributed by atoms with Crippen LogP contribution < -0.4 is 5.32 Å². The van der Waals surface area contributed by atoms with Crippen molar-refractivity contribution in [2.75, 3.05) is 11.9 Å². The first-order valence-corrected chi connectivity index (χ1v) is 6.76. The van der Waals surface area contributed by atoms with Crippen molar-refractivity contribution in [2.24, 2.45) is 0 Å². The SMILES string of the molecule is OC(CNc1ccc(F)cc1I)c1ccc(F)cc1. The van der Waals surface area contributed by atoms with E-state index in [1.807, 2.05) is 22.6 Å². The van der Waals surface area contributed by atoms with Gasteiger partial charge in [-0.15, -0.1) is 0 Å². The number of rotatable bonds is 4. The summed E-state index contributed by atoms with van der Waals surface area (Å²) in [7, 11) is 0. The minimum Gasteiger partial charge on any atom is -0.387 e. The Morgan fingerprint density at radius 3 is 2.32 bits per heavy atom. The smallest absolute Gasteiger partial charge is 0.124 e. The molecule has 1 atom stereocenters. The maximum Gasteiger partial charge on any atom is 0.124 e. The van der Waals surface area contributed by atoms with Crippen molar-refractivity contribution in [3.8, 4) is 0 Å². The highest BCUT2D eigenvalue weighted by molar-refractivity contribution is 14.1. The van der Waals surface area contributed by atoms with Gasteiger partial charge in [0.05, 0.1) is 6.10 Å². The highest BCUT2D eigenvalue weighted by atomic mass is 127. The number of aliphatic hydroxyl groups excluding tert-OH is 1. The summed E-state index contributed by atoms with van der Waals surface area (Å²) in [5.41, 5.74) is 1.38. The highest BCUT2D eigenvalue weighted by Crippen LogP contribution is 2.21. The van der Waals surface area contributed by atoms with Crippen LogP contribution in [0.25, 0.3) is 0 Å². The van der Waals surface area contributed by atoms with Crippen LogP contribution >= 0.6 is 22.6 Å². The van der Waals surface area contributed by atoms with E-state index in [9.17, 15) is 13.9 Å². The van der Waals surface area contributed by atoms with E-state index in [1.165, 1.54) is 36.4 Å². The van der Waals surface area contributed by atoms with Crippen LogP contribution in [-0.4, -0.2) is 11.7 Å². The van der Waals surface area contributed by atoms with Gasteiger partial charge in [0.2, 0.25) is 0 Å². The Kier molecular flexibility index (Phi) is 4.71. The van der Waals surface area contributed by atoms with Gasteiger partial charge in [0.25, 0.3) is 0 Å². The van der Waals surface area contributed by atoms with Gasteiger partial charge in [0, 0.05) is 15.8 Å². The van der Waals surface area contributed by atoms with Gasteiger partial charge >= 0.3 is 0 Å². The minimum atomic E-state index is -0.749. The van der Waals surface area contributed by atoms with E-state index >= 15 is 0 Å². The lowest BCUT2D eigenvalue weighted by molar-refractivity contribution is 0.191. The van der Waals surface area contributed by atoms with E-state index in [0.29, 0.717) is 5.56 Å². The molecule has 0 amide bonds. The monoisotopic (exact) mass is 375 g/mol. The number of hydrogen-bond acceptors (Lipinski definition) is 2. The molecular formula is C14H12F2INO. The van der Waals surface area contributed by atoms with Crippen molar-refractivity contribution < 1.29 is 13.9 Å². The molecule has 2 aromatic rings. The molecule has 2 nitrogen and oxygen atoms in total. The summed E-state index contributed by atoms with van der Waals surface area (Å²) >= 11 is 2.02. The number of benzene rings is 2. The molecule has 0 aliphatic heterocycles. The minimum absolute atomic E-state index is 0.271. The molecule has 19 heavy (non-hydrogen) atoms. The molecule has 0 heterocycles. The standard InChI is InChI=1S/C14H12F2INO/c15-10-3-1-9(2-4-10)14(19)8-18-13-6-5-11(16)7-12(13)17/h1-7,14,18-19H,8H2. The van der Waals surface area contributed by atoms with Crippen molar-refractivity contribution in [2.45, 2.75) is 6.10 Å². The molecule has 2 rings (SSSR count). The summed E-state index contributed by atoms with van der Waals surface area (Å²) in [5.74, 6) is -0.633. The summed E-state index contributed by atoms with van der Waals surface area (Å²) in [6, 6.07) is 10.1. The molecule has 0 saturated carbocycles. The molecule has 0 fully saturated rings. The van der Waals surface area contributed by atoms with Gasteiger partial charge in [-0.05, 0) is 58.5 Å². The predicted octanol–water partition coefficient (Wildman–Crippen LogP) is 3.71. The Morgan fingerprint density at radius 2 is 1.68 bits per heavy atom. The molecular weight excluding hydrogens is 363 g/mol. The average molecular weight is 375 g/mol. The maximum atomic E-state index is 12.9. The summed E-state index contributed by atoms with van der Waals surface area (Å²) in [6.07, 6.45) is -0.749. The predicted molar refractivity (Wildman–Crippen MR) is 79.0 cm³/mol. The average Bonchev–Trinajstić information content (AvgIpc) is 2.38. The second kappa shape index (κ2) is 6.29. The number of aliphatic hydroxyl groups is 1. The lowest BCUT2D eigenvalue weighted by atomic mass is 10.1. The maximum absolute atomic E-state index is 12.9. The summed E-state index contributed by atoms with van der Waals surface area (Å²) < 4.78 is 26.4. The lowest BCUT2D eigenvalue weighted by Crippen LogP contribution is -2.12. The Labute approximate surface area is 123 Å². The molecule has 0 aromatic heterocycles. The molecule has 2 aromatic carbocycles. The van der Waals surface area contributed by atoms with Gasteiger partial charge in [-0.2, -0.15) is 0 Å². The van der Waals surface area contributed by atoms with Crippen molar-refractivity contribution >= 4 is 28.3 Å². The number of halogens is 3. The number of anilines is 1. The fourth-order valence-electron chi connectivity index (χ4n) is 1.64. The summed E-state index contributed by atoms with van der Waals surface area (Å²) in [5, 5.41) is 13.0. The second-order valence-electron chi connectivity index (χ2n) is 4.07. The molecule has 0 aliphatic carbocycles. The zero-order valence-electron chi connectivity index (χ0n) is 9.91. The van der Waals surface area contributed by atoms with Gasteiger partial charge in [-0.3, -0.25) is 0 Å². The molecule has 1 unspecified atom stereocenters. The number of hydrogen-bond donors (Lipinski definition) is 2. The van der Waals surface area contributed by atoms with Crippen molar-refractivity contribution in [1.82, 2.24) is 0 Å². The lowest BCUT2D eigenvalue weighted by Gasteiger charge is -2.14. The summed E-state index contributed by atoms with van der Waals surface area (Å²) in [4.78, 5) is 0. The second-order valence-corrected chi connectivity index (χ2v) is 5.23. The highest BCUT2D eigenvalue weighted by Gasteiger charge is 2.08. The first-order valence-electron chi connectivity index (χ1n) is 5.69. The van der Waals surface area contributed by atoms with Crippen LogP contribution in [0, 0.1) is 15.2 Å². The Bertz CT molecular complexity index is 560.